The van der Waals surface area contributed by atoms with E-state index in [2.05, 4.69) is 52.5 Å². The molecule has 0 unspecified atom stereocenters. The van der Waals surface area contributed by atoms with Crippen LogP contribution in [-0.2, 0) is 10.0 Å². The molecule has 0 amide bonds. The summed E-state index contributed by atoms with van der Waals surface area (Å²) < 4.78 is 54.5. The molecular formula is C12H6Br3F2NO2S. The van der Waals surface area contributed by atoms with Crippen molar-refractivity contribution in [3.8, 4) is 0 Å². The van der Waals surface area contributed by atoms with Crippen LogP contribution in [0.25, 0.3) is 0 Å². The summed E-state index contributed by atoms with van der Waals surface area (Å²) in [5.41, 5.74) is 0.216. The maximum Gasteiger partial charge on any atom is 0.266 e. The summed E-state index contributed by atoms with van der Waals surface area (Å²) in [5.74, 6) is -2.06. The minimum absolute atomic E-state index is 0.198. The Morgan fingerprint density at radius 3 is 2.05 bits per heavy atom. The van der Waals surface area contributed by atoms with Crippen molar-refractivity contribution < 1.29 is 17.2 Å². The van der Waals surface area contributed by atoms with Crippen molar-refractivity contribution in [1.29, 1.82) is 0 Å². The molecule has 0 aromatic heterocycles. The number of hydrogen-bond acceptors (Lipinski definition) is 2. The van der Waals surface area contributed by atoms with Crippen LogP contribution >= 0.6 is 47.8 Å². The maximum absolute atomic E-state index is 13.8. The first kappa shape index (κ1) is 16.9. The second kappa shape index (κ2) is 6.31. The predicted octanol–water partition coefficient (Wildman–Crippen LogP) is 5.05. The molecule has 0 aliphatic rings. The van der Waals surface area contributed by atoms with E-state index in [1.165, 1.54) is 0 Å². The van der Waals surface area contributed by atoms with E-state index in [1.807, 2.05) is 0 Å². The van der Waals surface area contributed by atoms with Gasteiger partial charge >= 0.3 is 0 Å². The van der Waals surface area contributed by atoms with Gasteiger partial charge in [-0.25, -0.2) is 17.2 Å². The lowest BCUT2D eigenvalue weighted by atomic mass is 10.3. The molecule has 0 saturated carbocycles. The van der Waals surface area contributed by atoms with E-state index in [9.17, 15) is 17.2 Å². The van der Waals surface area contributed by atoms with Gasteiger partial charge in [-0.1, -0.05) is 6.07 Å². The van der Waals surface area contributed by atoms with Gasteiger partial charge in [0.2, 0.25) is 0 Å². The van der Waals surface area contributed by atoms with E-state index >= 15 is 0 Å². The van der Waals surface area contributed by atoms with Crippen molar-refractivity contribution in [2.75, 3.05) is 4.72 Å². The zero-order valence-corrected chi connectivity index (χ0v) is 15.6. The predicted molar refractivity (Wildman–Crippen MR) is 86.7 cm³/mol. The SMILES string of the molecule is O=S(=O)(Nc1c(Br)cccc1Br)c1c(F)cc(F)cc1Br. The van der Waals surface area contributed by atoms with Gasteiger partial charge in [0.05, 0.1) is 5.69 Å². The molecule has 0 radical (unpaired) electrons. The molecule has 0 heterocycles. The van der Waals surface area contributed by atoms with Gasteiger partial charge in [0.15, 0.2) is 0 Å². The minimum atomic E-state index is -4.23. The monoisotopic (exact) mass is 503 g/mol. The van der Waals surface area contributed by atoms with E-state index in [-0.39, 0.29) is 10.2 Å². The van der Waals surface area contributed by atoms with Gasteiger partial charge in [0.25, 0.3) is 10.0 Å². The Labute approximate surface area is 145 Å². The third-order valence-corrected chi connectivity index (χ3v) is 6.07. The van der Waals surface area contributed by atoms with Crippen molar-refractivity contribution in [2.45, 2.75) is 4.90 Å². The van der Waals surface area contributed by atoms with Crippen molar-refractivity contribution in [1.82, 2.24) is 0 Å². The molecule has 0 fully saturated rings. The van der Waals surface area contributed by atoms with E-state index in [0.29, 0.717) is 15.0 Å². The average molecular weight is 506 g/mol. The fraction of sp³-hybridized carbons (Fsp3) is 0. The first-order valence-electron chi connectivity index (χ1n) is 5.34. The highest BCUT2D eigenvalue weighted by atomic mass is 79.9. The van der Waals surface area contributed by atoms with E-state index in [1.54, 1.807) is 18.2 Å². The summed E-state index contributed by atoms with van der Waals surface area (Å²) in [6, 6.07) is 6.33. The molecule has 0 saturated heterocycles. The highest BCUT2D eigenvalue weighted by molar-refractivity contribution is 9.11. The number of halogens is 5. The van der Waals surface area contributed by atoms with Gasteiger partial charge < -0.3 is 0 Å². The molecule has 0 atom stereocenters. The molecule has 0 aliphatic carbocycles. The van der Waals surface area contributed by atoms with E-state index in [0.717, 1.165) is 6.07 Å². The Balaban J connectivity index is 2.54. The second-order valence-corrected chi connectivity index (χ2v) is 8.08. The Morgan fingerprint density at radius 2 is 1.52 bits per heavy atom. The van der Waals surface area contributed by atoms with Gasteiger partial charge in [0, 0.05) is 19.5 Å². The molecule has 2 aromatic carbocycles. The van der Waals surface area contributed by atoms with Crippen LogP contribution in [0.2, 0.25) is 0 Å². The molecule has 0 bridgehead atoms. The number of para-hydroxylation sites is 1. The summed E-state index contributed by atoms with van der Waals surface area (Å²) in [7, 11) is -4.23. The average Bonchev–Trinajstić information content (AvgIpc) is 2.32. The molecule has 2 aromatic rings. The number of hydrogen-bond donors (Lipinski definition) is 1. The van der Waals surface area contributed by atoms with Crippen LogP contribution in [0, 0.1) is 11.6 Å². The molecule has 1 N–H and O–H groups in total. The smallest absolute Gasteiger partial charge is 0.266 e. The number of sulfonamides is 1. The number of benzene rings is 2. The van der Waals surface area contributed by atoms with Crippen LogP contribution in [0.4, 0.5) is 14.5 Å². The molecular weight excluding hydrogens is 500 g/mol. The third kappa shape index (κ3) is 3.64. The molecule has 0 spiro atoms. The Kier molecular flexibility index (Phi) is 5.07. The van der Waals surface area contributed by atoms with Crippen molar-refractivity contribution in [3.05, 3.63) is 55.4 Å². The standard InChI is InChI=1S/C12H6Br3F2NO2S/c13-7-2-1-3-8(14)11(7)18-21(19,20)12-9(15)4-6(16)5-10(12)17/h1-5,18H. The molecule has 2 rings (SSSR count). The first-order chi connectivity index (χ1) is 9.72. The van der Waals surface area contributed by atoms with Gasteiger partial charge in [0.1, 0.15) is 16.5 Å². The number of rotatable bonds is 3. The van der Waals surface area contributed by atoms with Crippen molar-refractivity contribution in [2.24, 2.45) is 0 Å². The Bertz CT molecular complexity index is 769. The topological polar surface area (TPSA) is 46.2 Å². The van der Waals surface area contributed by atoms with Crippen molar-refractivity contribution >= 4 is 63.5 Å². The summed E-state index contributed by atoms with van der Waals surface area (Å²) in [6.45, 7) is 0. The van der Waals surface area contributed by atoms with Gasteiger partial charge in [-0.15, -0.1) is 0 Å². The maximum atomic E-state index is 13.8. The highest BCUT2D eigenvalue weighted by Gasteiger charge is 2.25. The van der Waals surface area contributed by atoms with Gasteiger partial charge in [-0.3, -0.25) is 4.72 Å². The zero-order chi connectivity index (χ0) is 15.8. The van der Waals surface area contributed by atoms with Crippen molar-refractivity contribution in [3.63, 3.8) is 0 Å². The molecule has 0 aliphatic heterocycles. The molecule has 9 heteroatoms. The largest absolute Gasteiger partial charge is 0.277 e. The van der Waals surface area contributed by atoms with Gasteiger partial charge in [-0.05, 0) is 66.0 Å². The van der Waals surface area contributed by atoms with Crippen LogP contribution in [0.3, 0.4) is 0 Å². The Hall–Kier alpha value is -0.510. The summed E-state index contributed by atoms with van der Waals surface area (Å²) in [4.78, 5) is -0.661. The summed E-state index contributed by atoms with van der Waals surface area (Å²) in [6.07, 6.45) is 0. The van der Waals surface area contributed by atoms with Crippen LogP contribution in [0.15, 0.2) is 48.6 Å². The zero-order valence-electron chi connectivity index (χ0n) is 10.0. The van der Waals surface area contributed by atoms with E-state index < -0.39 is 26.6 Å². The number of nitrogens with one attached hydrogen (secondary N) is 1. The normalized spacial score (nSPS) is 11.5. The van der Waals surface area contributed by atoms with Crippen LogP contribution in [0.5, 0.6) is 0 Å². The molecule has 3 nitrogen and oxygen atoms in total. The number of anilines is 1. The fourth-order valence-corrected chi connectivity index (χ4v) is 5.29. The summed E-state index contributed by atoms with van der Waals surface area (Å²) in [5, 5.41) is 0. The van der Waals surface area contributed by atoms with Gasteiger partial charge in [-0.2, -0.15) is 0 Å². The van der Waals surface area contributed by atoms with Crippen LogP contribution in [0.1, 0.15) is 0 Å². The lowest BCUT2D eigenvalue weighted by molar-refractivity contribution is 0.548. The molecule has 21 heavy (non-hydrogen) atoms. The highest BCUT2D eigenvalue weighted by Crippen LogP contribution is 2.34. The summed E-state index contributed by atoms with van der Waals surface area (Å²) >= 11 is 9.26. The van der Waals surface area contributed by atoms with Crippen LogP contribution < -0.4 is 4.72 Å². The third-order valence-electron chi connectivity index (χ3n) is 2.43. The fourth-order valence-electron chi connectivity index (χ4n) is 1.57. The van der Waals surface area contributed by atoms with Crippen LogP contribution in [-0.4, -0.2) is 8.42 Å². The minimum Gasteiger partial charge on any atom is -0.277 e. The second-order valence-electron chi connectivity index (χ2n) is 3.90. The van der Waals surface area contributed by atoms with E-state index in [4.69, 9.17) is 0 Å². The first-order valence-corrected chi connectivity index (χ1v) is 9.20. The quantitative estimate of drug-likeness (QED) is 0.634. The lowest BCUT2D eigenvalue weighted by Gasteiger charge is -2.13. The Morgan fingerprint density at radius 1 is 0.952 bits per heavy atom. The lowest BCUT2D eigenvalue weighted by Crippen LogP contribution is -2.16. The molecule has 112 valence electrons.